The van der Waals surface area contributed by atoms with Gasteiger partial charge in [-0.15, -0.1) is 0 Å². The van der Waals surface area contributed by atoms with Crippen LogP contribution in [-0.2, 0) is 0 Å². The predicted octanol–water partition coefficient (Wildman–Crippen LogP) is 11.4. The molecule has 0 radical (unpaired) electrons. The Bertz CT molecular complexity index is 3670. The van der Waals surface area contributed by atoms with Crippen molar-refractivity contribution in [3.63, 3.8) is 0 Å². The van der Waals surface area contributed by atoms with Gasteiger partial charge in [0.2, 0.25) is 0 Å². The number of benzene rings is 9. The molecule has 0 amide bonds. The van der Waals surface area contributed by atoms with Crippen LogP contribution in [0.5, 0.6) is 0 Å². The second-order valence-corrected chi connectivity index (χ2v) is 24.2. The van der Waals surface area contributed by atoms with Crippen LogP contribution in [0.3, 0.4) is 0 Å². The Morgan fingerprint density at radius 3 is 1.41 bits per heavy atom. The molecule has 0 unspecified atom stereocenters. The Labute approximate surface area is 367 Å². The van der Waals surface area contributed by atoms with Gasteiger partial charge < -0.3 is 0 Å². The van der Waals surface area contributed by atoms with Crippen LogP contribution in [0, 0.1) is 0 Å². The topological polar surface area (TPSA) is 35.6 Å². The van der Waals surface area contributed by atoms with Crippen LogP contribution in [0.25, 0.3) is 88.8 Å². The Morgan fingerprint density at radius 2 is 0.825 bits per heavy atom. The maximum absolute atomic E-state index is 5.70. The molecule has 4 nitrogen and oxygen atoms in total. The summed E-state index contributed by atoms with van der Waals surface area (Å²) in [6.45, 7) is 0. The molecule has 294 valence electrons. The molecule has 1 aliphatic rings. The van der Waals surface area contributed by atoms with Crippen molar-refractivity contribution in [2.24, 2.45) is 0 Å². The Morgan fingerprint density at radius 1 is 0.349 bits per heavy atom. The van der Waals surface area contributed by atoms with E-state index in [0.717, 1.165) is 39.6 Å². The van der Waals surface area contributed by atoms with E-state index in [1.54, 1.807) is 0 Å². The standard InChI is InChI=1S/C58H38GeN4/c1-5-19-40(20-6-1)58-60-54(53-49-29-13-16-30-50(49)59(57(53)61-58,41-21-7-2-8-22-41)42-23-9-3-10-24-42)39-33-35-44(36-34-39)63-52-32-18-15-28-46(52)48-38-37-47-45-27-14-17-31-51(45)62(55(47)56(48)63)43-25-11-4-12-26-43/h1-38H. The average Bonchev–Trinajstić information content (AvgIpc) is 3.99. The molecule has 1 aliphatic heterocycles. The van der Waals surface area contributed by atoms with Crippen LogP contribution < -0.4 is 17.7 Å². The van der Waals surface area contributed by atoms with E-state index in [1.165, 1.54) is 66.9 Å². The van der Waals surface area contributed by atoms with Gasteiger partial charge >= 0.3 is 315 Å². The molecule has 4 heterocycles. The zero-order chi connectivity index (χ0) is 41.5. The molecule has 0 saturated carbocycles. The van der Waals surface area contributed by atoms with Crippen molar-refractivity contribution in [1.29, 1.82) is 0 Å². The molecule has 13 rings (SSSR count). The van der Waals surface area contributed by atoms with Crippen molar-refractivity contribution in [2.75, 3.05) is 0 Å². The van der Waals surface area contributed by atoms with Gasteiger partial charge in [0.15, 0.2) is 0 Å². The van der Waals surface area contributed by atoms with E-state index in [-0.39, 0.29) is 0 Å². The van der Waals surface area contributed by atoms with Crippen molar-refractivity contribution < 1.29 is 0 Å². The third-order valence-electron chi connectivity index (χ3n) is 13.2. The number of hydrogen-bond acceptors (Lipinski definition) is 2. The normalized spacial score (nSPS) is 12.9. The van der Waals surface area contributed by atoms with Crippen molar-refractivity contribution in [3.05, 3.63) is 231 Å². The quantitative estimate of drug-likeness (QED) is 0.156. The fourth-order valence-electron chi connectivity index (χ4n) is 10.6. The number of aromatic nitrogens is 4. The average molecular weight is 864 g/mol. The minimum atomic E-state index is -3.68. The van der Waals surface area contributed by atoms with Crippen LogP contribution in [0.1, 0.15) is 0 Å². The van der Waals surface area contributed by atoms with E-state index in [1.807, 2.05) is 0 Å². The van der Waals surface area contributed by atoms with Gasteiger partial charge in [-0.05, 0) is 18.2 Å². The molecule has 3 aromatic heterocycles. The van der Waals surface area contributed by atoms with Gasteiger partial charge in [-0.3, -0.25) is 0 Å². The fraction of sp³-hybridized carbons (Fsp3) is 0. The van der Waals surface area contributed by atoms with Crippen LogP contribution in [0.4, 0.5) is 0 Å². The predicted molar refractivity (Wildman–Crippen MR) is 264 cm³/mol. The number of hydrogen-bond donors (Lipinski definition) is 0. The number of para-hydroxylation sites is 3. The first-order chi connectivity index (χ1) is 31.3. The zero-order valence-electron chi connectivity index (χ0n) is 34.2. The summed E-state index contributed by atoms with van der Waals surface area (Å²) >= 11 is -3.68. The summed E-state index contributed by atoms with van der Waals surface area (Å²) in [5.74, 6) is 0.752. The summed E-state index contributed by atoms with van der Waals surface area (Å²) in [5.41, 5.74) is 12.4. The first-order valence-electron chi connectivity index (χ1n) is 21.6. The molecular weight excluding hydrogens is 825 g/mol. The van der Waals surface area contributed by atoms with Crippen LogP contribution in [0.15, 0.2) is 231 Å². The van der Waals surface area contributed by atoms with Crippen LogP contribution in [0.2, 0.25) is 0 Å². The van der Waals surface area contributed by atoms with Gasteiger partial charge in [0.1, 0.15) is 0 Å². The van der Waals surface area contributed by atoms with Gasteiger partial charge in [0.25, 0.3) is 0 Å². The molecule has 0 fully saturated rings. The summed E-state index contributed by atoms with van der Waals surface area (Å²) in [6.07, 6.45) is 0. The van der Waals surface area contributed by atoms with Crippen LogP contribution >= 0.6 is 0 Å². The van der Waals surface area contributed by atoms with Gasteiger partial charge in [-0.25, -0.2) is 0 Å². The summed E-state index contributed by atoms with van der Waals surface area (Å²) < 4.78 is 10.2. The van der Waals surface area contributed by atoms with Crippen molar-refractivity contribution in [1.82, 2.24) is 19.1 Å². The molecule has 0 aliphatic carbocycles. The molecule has 5 heteroatoms. The van der Waals surface area contributed by atoms with Crippen LogP contribution in [-0.4, -0.2) is 32.4 Å². The van der Waals surface area contributed by atoms with Crippen molar-refractivity contribution in [3.8, 4) is 45.1 Å². The molecule has 0 spiro atoms. The number of fused-ring (bicyclic) bond motifs is 10. The first kappa shape index (κ1) is 35.9. The molecule has 12 aromatic rings. The molecule has 9 aromatic carbocycles. The molecule has 0 saturated heterocycles. The van der Waals surface area contributed by atoms with E-state index in [9.17, 15) is 0 Å². The van der Waals surface area contributed by atoms with E-state index in [0.29, 0.717) is 0 Å². The fourth-order valence-corrected chi connectivity index (χ4v) is 21.1. The maximum atomic E-state index is 5.70. The molecule has 63 heavy (non-hydrogen) atoms. The van der Waals surface area contributed by atoms with Gasteiger partial charge in [-0.1, -0.05) is 36.4 Å². The monoisotopic (exact) mass is 864 g/mol. The van der Waals surface area contributed by atoms with Crippen molar-refractivity contribution in [2.45, 2.75) is 0 Å². The zero-order valence-corrected chi connectivity index (χ0v) is 36.3. The van der Waals surface area contributed by atoms with E-state index in [4.69, 9.17) is 9.97 Å². The first-order valence-corrected chi connectivity index (χ1v) is 25.8. The molecule has 0 N–H and O–H groups in total. The second-order valence-electron chi connectivity index (χ2n) is 16.5. The van der Waals surface area contributed by atoms with Gasteiger partial charge in [-0.2, -0.15) is 0 Å². The SMILES string of the molecule is c1ccc(-c2nc(-c3ccc(-n4c5ccccc5c5ccc6c7ccccc7n(-c7ccccc7)c6c54)cc3)c3[c](n2)[Ge]([c]2ccccc2)([c]2ccccc2)[c]2ccccc2-3)cc1. The Balaban J connectivity index is 1.09. The van der Waals surface area contributed by atoms with Crippen molar-refractivity contribution >= 4 is 74.6 Å². The van der Waals surface area contributed by atoms with E-state index in [2.05, 4.69) is 240 Å². The summed E-state index contributed by atoms with van der Waals surface area (Å²) in [5, 5.41) is 4.93. The Hall–Kier alpha value is -7.80. The van der Waals surface area contributed by atoms with E-state index < -0.39 is 13.3 Å². The second kappa shape index (κ2) is 14.1. The summed E-state index contributed by atoms with van der Waals surface area (Å²) in [7, 11) is 0. The molecule has 0 atom stereocenters. The van der Waals surface area contributed by atoms with Gasteiger partial charge in [0.05, 0.1) is 0 Å². The molecular formula is C58H38GeN4. The van der Waals surface area contributed by atoms with E-state index >= 15 is 0 Å². The third kappa shape index (κ3) is 5.22. The number of rotatable bonds is 6. The molecule has 0 bridgehead atoms. The summed E-state index contributed by atoms with van der Waals surface area (Å²) in [4.78, 5) is 11.3. The number of nitrogens with zero attached hydrogens (tertiary/aromatic N) is 4. The third-order valence-corrected chi connectivity index (χ3v) is 23.1. The Kier molecular flexibility index (Phi) is 8.05. The minimum absolute atomic E-state index is 0.752. The summed E-state index contributed by atoms with van der Waals surface area (Å²) in [6, 6.07) is 84.0. The van der Waals surface area contributed by atoms with Gasteiger partial charge in [0, 0.05) is 0 Å².